The van der Waals surface area contributed by atoms with Crippen molar-refractivity contribution in [2.45, 2.75) is 18.5 Å². The third-order valence-electron chi connectivity index (χ3n) is 2.56. The van der Waals surface area contributed by atoms with Gasteiger partial charge in [-0.1, -0.05) is 29.3 Å². The molecular formula is C11H9Cl3N2O2S. The first-order chi connectivity index (χ1) is 8.77. The lowest BCUT2D eigenvalue weighted by molar-refractivity contribution is 0.606. The number of nitrogens with zero attached hydrogens (tertiary/aromatic N) is 2. The SMILES string of the molecule is Cc1nc(S(=O)(=O)Cl)cn1Cc1ccc(Cl)cc1Cl. The first-order valence-electron chi connectivity index (χ1n) is 5.20. The molecule has 1 aromatic carbocycles. The van der Waals surface area contributed by atoms with Gasteiger partial charge in [-0.25, -0.2) is 13.4 Å². The number of aryl methyl sites for hydroxylation is 1. The third kappa shape index (κ3) is 3.42. The summed E-state index contributed by atoms with van der Waals surface area (Å²) in [4.78, 5) is 3.90. The Labute approximate surface area is 125 Å². The van der Waals surface area contributed by atoms with Gasteiger partial charge in [0.05, 0.1) is 6.54 Å². The minimum absolute atomic E-state index is 0.170. The van der Waals surface area contributed by atoms with Gasteiger partial charge >= 0.3 is 0 Å². The van der Waals surface area contributed by atoms with Crippen molar-refractivity contribution in [3.8, 4) is 0 Å². The van der Waals surface area contributed by atoms with Crippen LogP contribution in [0, 0.1) is 6.92 Å². The minimum atomic E-state index is -3.83. The molecular weight excluding hydrogens is 331 g/mol. The van der Waals surface area contributed by atoms with Crippen molar-refractivity contribution in [3.05, 3.63) is 45.8 Å². The normalized spacial score (nSPS) is 11.8. The molecule has 0 saturated heterocycles. The second-order valence-corrected chi connectivity index (χ2v) is 7.28. The van der Waals surface area contributed by atoms with Gasteiger partial charge in [-0.2, -0.15) is 0 Å². The Morgan fingerprint density at radius 3 is 2.53 bits per heavy atom. The highest BCUT2D eigenvalue weighted by Crippen LogP contribution is 2.23. The number of hydrogen-bond acceptors (Lipinski definition) is 3. The largest absolute Gasteiger partial charge is 0.329 e. The molecule has 102 valence electrons. The topological polar surface area (TPSA) is 52.0 Å². The van der Waals surface area contributed by atoms with Crippen LogP contribution in [-0.2, 0) is 15.6 Å². The Hall–Kier alpha value is -0.750. The number of imidazole rings is 1. The Morgan fingerprint density at radius 2 is 2.00 bits per heavy atom. The predicted molar refractivity (Wildman–Crippen MR) is 75.6 cm³/mol. The van der Waals surface area contributed by atoms with Crippen LogP contribution >= 0.6 is 33.9 Å². The molecule has 0 aliphatic carbocycles. The van der Waals surface area contributed by atoms with E-state index in [2.05, 4.69) is 4.98 Å². The zero-order valence-electron chi connectivity index (χ0n) is 9.77. The Balaban J connectivity index is 2.36. The number of hydrogen-bond donors (Lipinski definition) is 0. The van der Waals surface area contributed by atoms with Crippen molar-refractivity contribution >= 4 is 42.9 Å². The van der Waals surface area contributed by atoms with Gasteiger partial charge in [0.2, 0.25) is 0 Å². The number of halogens is 3. The van der Waals surface area contributed by atoms with E-state index in [9.17, 15) is 8.42 Å². The molecule has 2 aromatic rings. The van der Waals surface area contributed by atoms with Crippen molar-refractivity contribution < 1.29 is 8.42 Å². The van der Waals surface area contributed by atoms with Crippen molar-refractivity contribution in [2.75, 3.05) is 0 Å². The van der Waals surface area contributed by atoms with E-state index in [1.54, 1.807) is 29.7 Å². The highest BCUT2D eigenvalue weighted by molar-refractivity contribution is 8.13. The summed E-state index contributed by atoms with van der Waals surface area (Å²) in [5.74, 6) is 0.533. The lowest BCUT2D eigenvalue weighted by atomic mass is 10.2. The van der Waals surface area contributed by atoms with E-state index in [4.69, 9.17) is 33.9 Å². The second-order valence-electron chi connectivity index (χ2n) is 3.93. The quantitative estimate of drug-likeness (QED) is 0.805. The van der Waals surface area contributed by atoms with Gasteiger partial charge < -0.3 is 4.57 Å². The fraction of sp³-hybridized carbons (Fsp3) is 0.182. The van der Waals surface area contributed by atoms with E-state index in [0.717, 1.165) is 5.56 Å². The molecule has 0 N–H and O–H groups in total. The fourth-order valence-corrected chi connectivity index (χ4v) is 2.78. The van der Waals surface area contributed by atoms with Gasteiger partial charge in [-0.15, -0.1) is 0 Å². The summed E-state index contributed by atoms with van der Waals surface area (Å²) in [7, 11) is 1.42. The summed E-state index contributed by atoms with van der Waals surface area (Å²) in [5, 5.41) is 0.882. The van der Waals surface area contributed by atoms with E-state index >= 15 is 0 Å². The van der Waals surface area contributed by atoms with Crippen LogP contribution in [0.2, 0.25) is 10.0 Å². The summed E-state index contributed by atoms with van der Waals surface area (Å²) in [6.07, 6.45) is 1.38. The molecule has 0 bridgehead atoms. The molecule has 4 nitrogen and oxygen atoms in total. The summed E-state index contributed by atoms with van der Waals surface area (Å²) >= 11 is 11.9. The van der Waals surface area contributed by atoms with Crippen molar-refractivity contribution in [3.63, 3.8) is 0 Å². The summed E-state index contributed by atoms with van der Waals surface area (Å²) in [6, 6.07) is 5.12. The van der Waals surface area contributed by atoms with Crippen LogP contribution in [0.4, 0.5) is 0 Å². The smallest absolute Gasteiger partial charge is 0.280 e. The van der Waals surface area contributed by atoms with E-state index in [1.807, 2.05) is 0 Å². The van der Waals surface area contributed by atoms with Crippen LogP contribution in [-0.4, -0.2) is 18.0 Å². The standard InChI is InChI=1S/C11H9Cl3N2O2S/c1-7-15-11(19(14,17)18)6-16(7)5-8-2-3-9(12)4-10(8)13/h2-4,6H,5H2,1H3. The summed E-state index contributed by atoms with van der Waals surface area (Å²) in [6.45, 7) is 2.08. The van der Waals surface area contributed by atoms with Gasteiger partial charge in [0, 0.05) is 26.9 Å². The molecule has 0 spiro atoms. The predicted octanol–water partition coefficient (Wildman–Crippen LogP) is 3.47. The zero-order chi connectivity index (χ0) is 14.2. The van der Waals surface area contributed by atoms with Crippen molar-refractivity contribution in [1.82, 2.24) is 9.55 Å². The molecule has 0 radical (unpaired) electrons. The molecule has 2 rings (SSSR count). The van der Waals surface area contributed by atoms with E-state index in [0.29, 0.717) is 22.4 Å². The van der Waals surface area contributed by atoms with Crippen molar-refractivity contribution in [2.24, 2.45) is 0 Å². The average Bonchev–Trinajstić information content (AvgIpc) is 2.64. The van der Waals surface area contributed by atoms with Gasteiger partial charge in [-0.3, -0.25) is 0 Å². The van der Waals surface area contributed by atoms with E-state index < -0.39 is 9.05 Å². The van der Waals surface area contributed by atoms with Crippen LogP contribution < -0.4 is 0 Å². The van der Waals surface area contributed by atoms with Gasteiger partial charge in [0.15, 0.2) is 5.03 Å². The molecule has 0 amide bonds. The molecule has 0 aliphatic heterocycles. The van der Waals surface area contributed by atoms with Crippen LogP contribution in [0.5, 0.6) is 0 Å². The van der Waals surface area contributed by atoms with Crippen molar-refractivity contribution in [1.29, 1.82) is 0 Å². The lowest BCUT2D eigenvalue weighted by Gasteiger charge is -2.07. The number of rotatable bonds is 3. The average molecular weight is 340 g/mol. The molecule has 0 saturated carbocycles. The van der Waals surface area contributed by atoms with Gasteiger partial charge in [0.25, 0.3) is 9.05 Å². The maximum atomic E-state index is 11.2. The fourth-order valence-electron chi connectivity index (χ4n) is 1.59. The maximum absolute atomic E-state index is 11.2. The zero-order valence-corrected chi connectivity index (χ0v) is 12.9. The molecule has 1 heterocycles. The van der Waals surface area contributed by atoms with E-state index in [1.165, 1.54) is 6.20 Å². The monoisotopic (exact) mass is 338 g/mol. The molecule has 0 unspecified atom stereocenters. The van der Waals surface area contributed by atoms with Crippen LogP contribution in [0.25, 0.3) is 0 Å². The van der Waals surface area contributed by atoms with Crippen LogP contribution in [0.1, 0.15) is 11.4 Å². The van der Waals surface area contributed by atoms with Gasteiger partial charge in [-0.05, 0) is 24.6 Å². The molecule has 8 heteroatoms. The van der Waals surface area contributed by atoms with Crippen LogP contribution in [0.15, 0.2) is 29.4 Å². The Morgan fingerprint density at radius 1 is 1.32 bits per heavy atom. The lowest BCUT2D eigenvalue weighted by Crippen LogP contribution is -2.01. The molecule has 19 heavy (non-hydrogen) atoms. The van der Waals surface area contributed by atoms with Gasteiger partial charge in [0.1, 0.15) is 5.82 Å². The molecule has 0 atom stereocenters. The molecule has 1 aromatic heterocycles. The number of aromatic nitrogens is 2. The van der Waals surface area contributed by atoms with Crippen LogP contribution in [0.3, 0.4) is 0 Å². The highest BCUT2D eigenvalue weighted by Gasteiger charge is 2.16. The van der Waals surface area contributed by atoms with E-state index in [-0.39, 0.29) is 5.03 Å². The maximum Gasteiger partial charge on any atom is 0.280 e. The minimum Gasteiger partial charge on any atom is -0.329 e. The summed E-state index contributed by atoms with van der Waals surface area (Å²) < 4.78 is 24.1. The Kier molecular flexibility index (Phi) is 4.11. The highest BCUT2D eigenvalue weighted by atomic mass is 35.7. The Bertz CT molecular complexity index is 726. The first kappa shape index (κ1) is 14.7. The third-order valence-corrected chi connectivity index (χ3v) is 4.32. The molecule has 0 fully saturated rings. The summed E-state index contributed by atoms with van der Waals surface area (Å²) in [5.41, 5.74) is 0.810. The first-order valence-corrected chi connectivity index (χ1v) is 8.26. The number of benzene rings is 1. The molecule has 0 aliphatic rings. The second kappa shape index (κ2) is 5.32.